The summed E-state index contributed by atoms with van der Waals surface area (Å²) >= 11 is 0. The van der Waals surface area contributed by atoms with Crippen LogP contribution < -0.4 is 4.90 Å². The molecule has 0 spiro atoms. The lowest BCUT2D eigenvalue weighted by Gasteiger charge is -2.21. The van der Waals surface area contributed by atoms with Gasteiger partial charge in [0, 0.05) is 17.8 Å². The summed E-state index contributed by atoms with van der Waals surface area (Å²) in [6.45, 7) is 6.96. The van der Waals surface area contributed by atoms with Gasteiger partial charge in [0.2, 0.25) is 0 Å². The molecule has 2 aromatic carbocycles. The highest BCUT2D eigenvalue weighted by Gasteiger charge is 2.15. The number of para-hydroxylation sites is 1. The van der Waals surface area contributed by atoms with Crippen LogP contribution in [0, 0.1) is 0 Å². The monoisotopic (exact) mass is 267 g/mol. The standard InChI is InChI=1S/C18H21NO/c1-4-19(17-8-6-5-7-9-17)18(20)16-12-10-15(11-13-16)14(2)3/h5-14H,4H2,1-3H3. The summed E-state index contributed by atoms with van der Waals surface area (Å²) in [5, 5.41) is 0. The Balaban J connectivity index is 2.25. The minimum absolute atomic E-state index is 0.0500. The first-order valence-electron chi connectivity index (χ1n) is 7.10. The fourth-order valence-corrected chi connectivity index (χ4v) is 2.22. The third-order valence-corrected chi connectivity index (χ3v) is 3.45. The number of hydrogen-bond acceptors (Lipinski definition) is 1. The minimum atomic E-state index is 0.0500. The van der Waals surface area contributed by atoms with Crippen LogP contribution in [0.4, 0.5) is 5.69 Å². The molecular formula is C18H21NO. The predicted octanol–water partition coefficient (Wildman–Crippen LogP) is 4.48. The molecule has 20 heavy (non-hydrogen) atoms. The molecular weight excluding hydrogens is 246 g/mol. The fourth-order valence-electron chi connectivity index (χ4n) is 2.22. The Hall–Kier alpha value is -2.09. The molecule has 0 radical (unpaired) electrons. The number of amides is 1. The van der Waals surface area contributed by atoms with E-state index in [1.165, 1.54) is 5.56 Å². The second-order valence-corrected chi connectivity index (χ2v) is 5.16. The molecule has 2 aromatic rings. The summed E-state index contributed by atoms with van der Waals surface area (Å²) in [4.78, 5) is 14.4. The summed E-state index contributed by atoms with van der Waals surface area (Å²) in [6.07, 6.45) is 0. The molecule has 0 N–H and O–H groups in total. The highest BCUT2D eigenvalue weighted by Crippen LogP contribution is 2.19. The normalized spacial score (nSPS) is 10.6. The van der Waals surface area contributed by atoms with Crippen molar-refractivity contribution in [3.8, 4) is 0 Å². The zero-order valence-corrected chi connectivity index (χ0v) is 12.3. The Morgan fingerprint density at radius 3 is 2.10 bits per heavy atom. The van der Waals surface area contributed by atoms with E-state index in [1.54, 1.807) is 4.90 Å². The molecule has 0 atom stereocenters. The van der Waals surface area contributed by atoms with Gasteiger partial charge in [-0.3, -0.25) is 4.79 Å². The number of carbonyl (C=O) groups excluding carboxylic acids is 1. The van der Waals surface area contributed by atoms with Gasteiger partial charge in [0.25, 0.3) is 5.91 Å². The van der Waals surface area contributed by atoms with Crippen LogP contribution in [0.2, 0.25) is 0 Å². The SMILES string of the molecule is CCN(C(=O)c1ccc(C(C)C)cc1)c1ccccc1. The largest absolute Gasteiger partial charge is 0.309 e. The van der Waals surface area contributed by atoms with Gasteiger partial charge in [-0.2, -0.15) is 0 Å². The average molecular weight is 267 g/mol. The van der Waals surface area contributed by atoms with E-state index in [1.807, 2.05) is 61.5 Å². The second-order valence-electron chi connectivity index (χ2n) is 5.16. The molecule has 0 aliphatic rings. The topological polar surface area (TPSA) is 20.3 Å². The zero-order chi connectivity index (χ0) is 14.5. The van der Waals surface area contributed by atoms with E-state index < -0.39 is 0 Å². The van der Waals surface area contributed by atoms with Gasteiger partial charge in [0.1, 0.15) is 0 Å². The van der Waals surface area contributed by atoms with E-state index in [4.69, 9.17) is 0 Å². The average Bonchev–Trinajstić information content (AvgIpc) is 2.49. The molecule has 0 fully saturated rings. The summed E-state index contributed by atoms with van der Waals surface area (Å²) in [6, 6.07) is 17.7. The van der Waals surface area contributed by atoms with Crippen molar-refractivity contribution >= 4 is 11.6 Å². The van der Waals surface area contributed by atoms with Crippen molar-refractivity contribution in [2.24, 2.45) is 0 Å². The van der Waals surface area contributed by atoms with Gasteiger partial charge in [-0.25, -0.2) is 0 Å². The first-order chi connectivity index (χ1) is 9.63. The molecule has 0 aromatic heterocycles. The van der Waals surface area contributed by atoms with E-state index in [2.05, 4.69) is 13.8 Å². The lowest BCUT2D eigenvalue weighted by Crippen LogP contribution is -2.30. The van der Waals surface area contributed by atoms with Crippen molar-refractivity contribution in [1.82, 2.24) is 0 Å². The highest BCUT2D eigenvalue weighted by molar-refractivity contribution is 6.06. The zero-order valence-electron chi connectivity index (χ0n) is 12.3. The number of anilines is 1. The number of benzene rings is 2. The Morgan fingerprint density at radius 2 is 1.60 bits per heavy atom. The number of nitrogens with zero attached hydrogens (tertiary/aromatic N) is 1. The molecule has 0 aliphatic heterocycles. The Bertz CT molecular complexity index is 558. The van der Waals surface area contributed by atoms with Gasteiger partial charge >= 0.3 is 0 Å². The van der Waals surface area contributed by atoms with Crippen molar-refractivity contribution in [2.45, 2.75) is 26.7 Å². The van der Waals surface area contributed by atoms with E-state index in [-0.39, 0.29) is 5.91 Å². The summed E-state index contributed by atoms with van der Waals surface area (Å²) in [5.74, 6) is 0.532. The Morgan fingerprint density at radius 1 is 1.00 bits per heavy atom. The molecule has 0 bridgehead atoms. The molecule has 2 heteroatoms. The van der Waals surface area contributed by atoms with Crippen LogP contribution in [0.15, 0.2) is 54.6 Å². The van der Waals surface area contributed by atoms with E-state index in [0.29, 0.717) is 12.5 Å². The number of rotatable bonds is 4. The van der Waals surface area contributed by atoms with Crippen LogP contribution in [0.3, 0.4) is 0 Å². The number of carbonyl (C=O) groups is 1. The third kappa shape index (κ3) is 3.08. The summed E-state index contributed by atoms with van der Waals surface area (Å²) in [5.41, 5.74) is 2.93. The van der Waals surface area contributed by atoms with Crippen LogP contribution in [-0.2, 0) is 0 Å². The van der Waals surface area contributed by atoms with Gasteiger partial charge < -0.3 is 4.90 Å². The summed E-state index contributed by atoms with van der Waals surface area (Å²) in [7, 11) is 0. The predicted molar refractivity (Wildman–Crippen MR) is 84.3 cm³/mol. The minimum Gasteiger partial charge on any atom is -0.309 e. The molecule has 104 valence electrons. The summed E-state index contributed by atoms with van der Waals surface area (Å²) < 4.78 is 0. The fraction of sp³-hybridized carbons (Fsp3) is 0.278. The van der Waals surface area contributed by atoms with E-state index in [0.717, 1.165) is 11.3 Å². The smallest absolute Gasteiger partial charge is 0.258 e. The first kappa shape index (κ1) is 14.3. The van der Waals surface area contributed by atoms with Crippen molar-refractivity contribution in [1.29, 1.82) is 0 Å². The van der Waals surface area contributed by atoms with Gasteiger partial charge in [-0.1, -0.05) is 44.2 Å². The second kappa shape index (κ2) is 6.38. The van der Waals surface area contributed by atoms with Crippen molar-refractivity contribution in [3.63, 3.8) is 0 Å². The third-order valence-electron chi connectivity index (χ3n) is 3.45. The maximum absolute atomic E-state index is 12.6. The number of hydrogen-bond donors (Lipinski definition) is 0. The molecule has 2 rings (SSSR count). The molecule has 1 amide bonds. The van der Waals surface area contributed by atoms with Gasteiger partial charge in [0.15, 0.2) is 0 Å². The molecule has 0 unspecified atom stereocenters. The molecule has 2 nitrogen and oxygen atoms in total. The van der Waals surface area contributed by atoms with Crippen LogP contribution >= 0.6 is 0 Å². The van der Waals surface area contributed by atoms with Crippen molar-refractivity contribution in [2.75, 3.05) is 11.4 Å². The maximum Gasteiger partial charge on any atom is 0.258 e. The lowest BCUT2D eigenvalue weighted by molar-refractivity contribution is 0.0988. The Labute approximate surface area is 121 Å². The molecule has 0 heterocycles. The van der Waals surface area contributed by atoms with Crippen molar-refractivity contribution < 1.29 is 4.79 Å². The van der Waals surface area contributed by atoms with Gasteiger partial charge in [-0.05, 0) is 42.7 Å². The van der Waals surface area contributed by atoms with Crippen molar-refractivity contribution in [3.05, 3.63) is 65.7 Å². The van der Waals surface area contributed by atoms with Crippen LogP contribution in [0.25, 0.3) is 0 Å². The lowest BCUT2D eigenvalue weighted by atomic mass is 10.0. The van der Waals surface area contributed by atoms with E-state index >= 15 is 0 Å². The highest BCUT2D eigenvalue weighted by atomic mass is 16.2. The molecule has 0 aliphatic carbocycles. The Kier molecular flexibility index (Phi) is 4.57. The first-order valence-corrected chi connectivity index (χ1v) is 7.10. The van der Waals surface area contributed by atoms with Crippen LogP contribution in [-0.4, -0.2) is 12.5 Å². The quantitative estimate of drug-likeness (QED) is 0.800. The molecule has 0 saturated carbocycles. The molecule has 0 saturated heterocycles. The maximum atomic E-state index is 12.6. The van der Waals surface area contributed by atoms with Gasteiger partial charge in [0.05, 0.1) is 0 Å². The van der Waals surface area contributed by atoms with Crippen LogP contribution in [0.1, 0.15) is 42.6 Å². The van der Waals surface area contributed by atoms with Gasteiger partial charge in [-0.15, -0.1) is 0 Å². The van der Waals surface area contributed by atoms with E-state index in [9.17, 15) is 4.79 Å². The van der Waals surface area contributed by atoms with Crippen LogP contribution in [0.5, 0.6) is 0 Å².